The van der Waals surface area contributed by atoms with E-state index in [-0.39, 0.29) is 18.1 Å². The number of likely N-dealkylation sites (N-methyl/N-ethyl adjacent to an activating group) is 1. The summed E-state index contributed by atoms with van der Waals surface area (Å²) in [7, 11) is 1.84. The minimum atomic E-state index is -0.223. The van der Waals surface area contributed by atoms with Crippen LogP contribution in [0.5, 0.6) is 0 Å². The van der Waals surface area contributed by atoms with E-state index >= 15 is 0 Å². The van der Waals surface area contributed by atoms with Gasteiger partial charge in [0.25, 0.3) is 0 Å². The van der Waals surface area contributed by atoms with Crippen LogP contribution in [-0.4, -0.2) is 58.6 Å². The lowest BCUT2D eigenvalue weighted by atomic mass is 10.1. The Morgan fingerprint density at radius 2 is 2.07 bits per heavy atom. The number of fused-ring (bicyclic) bond motifs is 2. The highest BCUT2D eigenvalue weighted by Crippen LogP contribution is 2.23. The molecule has 0 saturated carbocycles. The van der Waals surface area contributed by atoms with Crippen molar-refractivity contribution in [3.63, 3.8) is 0 Å². The van der Waals surface area contributed by atoms with Crippen molar-refractivity contribution < 1.29 is 9.90 Å². The summed E-state index contributed by atoms with van der Waals surface area (Å²) in [6, 6.07) is 16.0. The molecule has 2 aromatic heterocycles. The van der Waals surface area contributed by atoms with Crippen molar-refractivity contribution in [2.75, 3.05) is 26.7 Å². The van der Waals surface area contributed by atoms with Gasteiger partial charge in [-0.3, -0.25) is 9.69 Å². The van der Waals surface area contributed by atoms with Gasteiger partial charge in [-0.25, -0.2) is 0 Å². The van der Waals surface area contributed by atoms with Crippen molar-refractivity contribution in [1.29, 1.82) is 0 Å². The smallest absolute Gasteiger partial charge is 0.219 e. The number of halogens is 1. The van der Waals surface area contributed by atoms with E-state index in [2.05, 4.69) is 22.0 Å². The molecule has 6 heteroatoms. The number of hydrogen-bond donors (Lipinski definition) is 2. The van der Waals surface area contributed by atoms with Crippen LogP contribution >= 0.6 is 11.6 Å². The van der Waals surface area contributed by atoms with Crippen LogP contribution in [0.15, 0.2) is 48.5 Å². The number of H-pyrrole nitrogens is 1. The van der Waals surface area contributed by atoms with Crippen LogP contribution < -0.4 is 0 Å². The Kier molecular flexibility index (Phi) is 6.37. The molecule has 1 aliphatic rings. The fraction of sp³-hybridized carbons (Fsp3) is 0.381. The first-order valence-electron chi connectivity index (χ1n) is 9.19. The lowest BCUT2D eigenvalue weighted by Crippen LogP contribution is -2.38. The Morgan fingerprint density at radius 1 is 1.33 bits per heavy atom. The van der Waals surface area contributed by atoms with Gasteiger partial charge in [0, 0.05) is 39.1 Å². The van der Waals surface area contributed by atoms with Crippen LogP contribution in [0, 0.1) is 0 Å². The minimum absolute atomic E-state index is 0.0454. The predicted molar refractivity (Wildman–Crippen MR) is 109 cm³/mol. The van der Waals surface area contributed by atoms with E-state index in [9.17, 15) is 9.90 Å². The molecule has 2 atom stereocenters. The number of rotatable bonds is 4. The van der Waals surface area contributed by atoms with E-state index in [4.69, 9.17) is 11.6 Å². The van der Waals surface area contributed by atoms with Crippen LogP contribution in [0.3, 0.4) is 0 Å². The Balaban J connectivity index is 0.000000216. The van der Waals surface area contributed by atoms with Gasteiger partial charge in [0.1, 0.15) is 0 Å². The van der Waals surface area contributed by atoms with E-state index in [0.29, 0.717) is 6.54 Å². The molecule has 2 unspecified atom stereocenters. The quantitative estimate of drug-likeness (QED) is 0.720. The van der Waals surface area contributed by atoms with Crippen LogP contribution in [-0.2, 0) is 4.79 Å². The molecule has 3 heterocycles. The van der Waals surface area contributed by atoms with Gasteiger partial charge in [-0.1, -0.05) is 41.9 Å². The standard InChI is InChI=1S/C15H22N2O2.C6H4ClN/c1-12(18)16(2)15(13-6-4-3-5-7-13)11-17-9-8-14(19)10-17;7-5-3-4-1-2-6(5)8-4/h3-7,14-15,19H,8-11H2,1-2H3;1-3,8H. The van der Waals surface area contributed by atoms with Gasteiger partial charge in [0.15, 0.2) is 0 Å². The van der Waals surface area contributed by atoms with E-state index < -0.39 is 0 Å². The average Bonchev–Trinajstić information content (AvgIpc) is 3.37. The number of β-amino-alcohol motifs (C(OH)–C–C–N with tert-alkyl or cyclic N) is 1. The van der Waals surface area contributed by atoms with Gasteiger partial charge in [0.2, 0.25) is 5.91 Å². The van der Waals surface area contributed by atoms with Gasteiger partial charge in [0.05, 0.1) is 22.7 Å². The molecule has 0 aliphatic carbocycles. The molecule has 0 spiro atoms. The molecule has 144 valence electrons. The molecule has 0 radical (unpaired) electrons. The number of amides is 1. The second kappa shape index (κ2) is 8.74. The highest BCUT2D eigenvalue weighted by Gasteiger charge is 2.26. The summed E-state index contributed by atoms with van der Waals surface area (Å²) in [4.78, 5) is 18.7. The number of carbonyl (C=O) groups excluding carboxylic acids is 1. The van der Waals surface area contributed by atoms with Crippen molar-refractivity contribution in [2.45, 2.75) is 25.5 Å². The Morgan fingerprint density at radius 3 is 2.52 bits per heavy atom. The van der Waals surface area contributed by atoms with E-state index in [1.807, 2.05) is 43.4 Å². The molecule has 1 aromatic carbocycles. The Hall–Kier alpha value is -2.08. The van der Waals surface area contributed by atoms with E-state index in [1.54, 1.807) is 11.8 Å². The maximum absolute atomic E-state index is 11.7. The first-order chi connectivity index (χ1) is 12.9. The molecule has 4 rings (SSSR count). The number of nitrogens with one attached hydrogen (secondary N) is 1. The Labute approximate surface area is 164 Å². The number of aliphatic hydroxyl groups is 1. The summed E-state index contributed by atoms with van der Waals surface area (Å²) in [6.07, 6.45) is 0.602. The first-order valence-corrected chi connectivity index (χ1v) is 9.57. The molecule has 27 heavy (non-hydrogen) atoms. The van der Waals surface area contributed by atoms with Gasteiger partial charge < -0.3 is 15.0 Å². The van der Waals surface area contributed by atoms with Crippen molar-refractivity contribution in [3.05, 3.63) is 59.1 Å². The molecule has 1 aliphatic heterocycles. The second-order valence-corrected chi connectivity index (χ2v) is 7.49. The van der Waals surface area contributed by atoms with Crippen molar-refractivity contribution in [1.82, 2.24) is 14.8 Å². The summed E-state index contributed by atoms with van der Waals surface area (Å²) in [5.41, 5.74) is 3.27. The van der Waals surface area contributed by atoms with Crippen molar-refractivity contribution in [2.24, 2.45) is 0 Å². The Bertz CT molecular complexity index is 851. The molecular formula is C21H26ClN3O2. The highest BCUT2D eigenvalue weighted by molar-refractivity contribution is 6.34. The number of aliphatic hydroxyl groups excluding tert-OH is 1. The average molecular weight is 388 g/mol. The zero-order valence-corrected chi connectivity index (χ0v) is 16.5. The first kappa shape index (κ1) is 19.7. The topological polar surface area (TPSA) is 59.6 Å². The number of aromatic nitrogens is 1. The second-order valence-electron chi connectivity index (χ2n) is 7.08. The van der Waals surface area contributed by atoms with Gasteiger partial charge in [-0.15, -0.1) is 0 Å². The lowest BCUT2D eigenvalue weighted by molar-refractivity contribution is -0.130. The van der Waals surface area contributed by atoms with Crippen LogP contribution in [0.25, 0.3) is 11.0 Å². The minimum Gasteiger partial charge on any atom is -0.392 e. The zero-order valence-electron chi connectivity index (χ0n) is 15.7. The van der Waals surface area contributed by atoms with Gasteiger partial charge in [-0.05, 0) is 30.2 Å². The third-order valence-electron chi connectivity index (χ3n) is 5.08. The maximum atomic E-state index is 11.7. The van der Waals surface area contributed by atoms with Gasteiger partial charge in [-0.2, -0.15) is 0 Å². The summed E-state index contributed by atoms with van der Waals surface area (Å²) >= 11 is 5.70. The number of carbonyl (C=O) groups is 1. The SMILES string of the molecule is CC(=O)N(C)C(CN1CCC(O)C1)c1ccccc1.Clc1cc2ccc1[nH]2. The normalized spacial score (nSPS) is 18.3. The van der Waals surface area contributed by atoms with E-state index in [0.717, 1.165) is 41.1 Å². The number of hydrogen-bond acceptors (Lipinski definition) is 3. The monoisotopic (exact) mass is 387 g/mol. The summed E-state index contributed by atoms with van der Waals surface area (Å²) in [6.45, 7) is 3.97. The highest BCUT2D eigenvalue weighted by atomic mass is 35.5. The van der Waals surface area contributed by atoms with Crippen LogP contribution in [0.1, 0.15) is 24.9 Å². The largest absolute Gasteiger partial charge is 0.392 e. The molecular weight excluding hydrogens is 362 g/mol. The molecule has 2 N–H and O–H groups in total. The summed E-state index contributed by atoms with van der Waals surface area (Å²) in [5.74, 6) is 0.0635. The van der Waals surface area contributed by atoms with Crippen LogP contribution in [0.4, 0.5) is 0 Å². The summed E-state index contributed by atoms with van der Waals surface area (Å²) in [5, 5.41) is 10.4. The van der Waals surface area contributed by atoms with E-state index in [1.165, 1.54) is 0 Å². The molecule has 3 aromatic rings. The molecule has 1 saturated heterocycles. The fourth-order valence-corrected chi connectivity index (χ4v) is 3.65. The number of aromatic amines is 1. The predicted octanol–water partition coefficient (Wildman–Crippen LogP) is 3.53. The third-order valence-corrected chi connectivity index (χ3v) is 5.39. The van der Waals surface area contributed by atoms with Crippen LogP contribution in [0.2, 0.25) is 5.02 Å². The number of benzene rings is 2. The molecule has 5 nitrogen and oxygen atoms in total. The third kappa shape index (κ3) is 5.01. The van der Waals surface area contributed by atoms with Crippen molar-refractivity contribution >= 4 is 28.5 Å². The fourth-order valence-electron chi connectivity index (χ4n) is 3.42. The van der Waals surface area contributed by atoms with Gasteiger partial charge >= 0.3 is 0 Å². The molecule has 2 bridgehead atoms. The van der Waals surface area contributed by atoms with Crippen molar-refractivity contribution in [3.8, 4) is 0 Å². The maximum Gasteiger partial charge on any atom is 0.219 e. The molecule has 1 amide bonds. The zero-order chi connectivity index (χ0) is 19.4. The number of likely N-dealkylation sites (tertiary alicyclic amines) is 1. The summed E-state index contributed by atoms with van der Waals surface area (Å²) < 4.78 is 0. The number of nitrogens with zero attached hydrogens (tertiary/aromatic N) is 2. The lowest BCUT2D eigenvalue weighted by Gasteiger charge is -2.31. The molecule has 1 fully saturated rings.